The normalized spacial score (nSPS) is 14.8. The maximum atomic E-state index is 12.9. The van der Waals surface area contributed by atoms with E-state index in [1.807, 2.05) is 13.0 Å². The number of carbonyl (C=O) groups is 1. The van der Waals surface area contributed by atoms with Crippen LogP contribution in [0.25, 0.3) is 0 Å². The molecule has 0 unspecified atom stereocenters. The number of benzene rings is 2. The number of nitrogens with one attached hydrogen (secondary N) is 1. The van der Waals surface area contributed by atoms with E-state index in [4.69, 9.17) is 9.47 Å². The van der Waals surface area contributed by atoms with Gasteiger partial charge < -0.3 is 19.9 Å². The monoisotopic (exact) mass is 345 g/mol. The molecule has 6 heteroatoms. The molecule has 0 aliphatic carbocycles. The Bertz CT molecular complexity index is 748. The molecule has 0 spiro atoms. The van der Waals surface area contributed by atoms with Gasteiger partial charge in [0.2, 0.25) is 12.7 Å². The van der Waals surface area contributed by atoms with E-state index >= 15 is 0 Å². The van der Waals surface area contributed by atoms with E-state index in [1.165, 1.54) is 12.1 Å². The molecule has 2 atom stereocenters. The Kier molecular flexibility index (Phi) is 5.19. The first-order chi connectivity index (χ1) is 12.0. The van der Waals surface area contributed by atoms with Crippen molar-refractivity contribution in [2.45, 2.75) is 31.9 Å². The summed E-state index contributed by atoms with van der Waals surface area (Å²) in [5.74, 6) is 0.837. The number of aliphatic hydroxyl groups is 1. The minimum Gasteiger partial charge on any atom is -0.454 e. The van der Waals surface area contributed by atoms with Gasteiger partial charge in [-0.05, 0) is 48.7 Å². The Balaban J connectivity index is 1.51. The number of fused-ring (bicyclic) bond motifs is 1. The number of halogens is 1. The van der Waals surface area contributed by atoms with Crippen LogP contribution < -0.4 is 14.8 Å². The number of aliphatic hydroxyl groups excluding tert-OH is 1. The molecule has 0 saturated carbocycles. The summed E-state index contributed by atoms with van der Waals surface area (Å²) in [6.45, 7) is 2.02. The molecule has 2 aromatic carbocycles. The third-order valence-corrected chi connectivity index (χ3v) is 4.04. The maximum absolute atomic E-state index is 12.9. The first-order valence-electron chi connectivity index (χ1n) is 8.12. The summed E-state index contributed by atoms with van der Waals surface area (Å²) in [4.78, 5) is 12.2. The molecule has 0 saturated heterocycles. The molecule has 3 rings (SSSR count). The van der Waals surface area contributed by atoms with Crippen molar-refractivity contribution < 1.29 is 23.8 Å². The van der Waals surface area contributed by atoms with Crippen LogP contribution in [0, 0.1) is 5.82 Å². The smallest absolute Gasteiger partial charge is 0.231 e. The molecule has 1 heterocycles. The zero-order valence-electron chi connectivity index (χ0n) is 13.9. The van der Waals surface area contributed by atoms with Crippen molar-refractivity contribution in [3.8, 4) is 11.5 Å². The average Bonchev–Trinajstić information content (AvgIpc) is 3.02. The number of amides is 1. The standard InChI is InChI=1S/C19H20FNO4/c1-12(8-16(22)14-3-5-15(20)6-4-14)21-19(23)10-13-2-7-17-18(9-13)25-11-24-17/h2-7,9,12,16,22H,8,10-11H2,1H3,(H,21,23)/t12-,16+/m1/s1. The van der Waals surface area contributed by atoms with E-state index in [-0.39, 0.29) is 31.0 Å². The van der Waals surface area contributed by atoms with E-state index in [0.29, 0.717) is 23.5 Å². The maximum Gasteiger partial charge on any atom is 0.231 e. The molecular formula is C19H20FNO4. The molecule has 1 amide bonds. The van der Waals surface area contributed by atoms with Gasteiger partial charge in [0, 0.05) is 6.04 Å². The molecule has 1 aliphatic rings. The van der Waals surface area contributed by atoms with Crippen molar-refractivity contribution in [2.24, 2.45) is 0 Å². The molecule has 5 nitrogen and oxygen atoms in total. The lowest BCUT2D eigenvalue weighted by Gasteiger charge is -2.18. The summed E-state index contributed by atoms with van der Waals surface area (Å²) in [5.41, 5.74) is 1.45. The van der Waals surface area contributed by atoms with Crippen LogP contribution in [0.15, 0.2) is 42.5 Å². The third kappa shape index (κ3) is 4.48. The summed E-state index contributed by atoms with van der Waals surface area (Å²) < 4.78 is 23.5. The van der Waals surface area contributed by atoms with Crippen LogP contribution in [0.4, 0.5) is 4.39 Å². The van der Waals surface area contributed by atoms with Gasteiger partial charge >= 0.3 is 0 Å². The zero-order valence-corrected chi connectivity index (χ0v) is 13.9. The van der Waals surface area contributed by atoms with Gasteiger partial charge in [0.1, 0.15) is 5.82 Å². The highest BCUT2D eigenvalue weighted by atomic mass is 19.1. The van der Waals surface area contributed by atoms with E-state index in [9.17, 15) is 14.3 Å². The van der Waals surface area contributed by atoms with Crippen LogP contribution in [0.1, 0.15) is 30.6 Å². The first kappa shape index (κ1) is 17.2. The highest BCUT2D eigenvalue weighted by Crippen LogP contribution is 2.32. The van der Waals surface area contributed by atoms with Crippen molar-refractivity contribution in [2.75, 3.05) is 6.79 Å². The number of hydrogen-bond donors (Lipinski definition) is 2. The molecule has 0 fully saturated rings. The number of hydrogen-bond acceptors (Lipinski definition) is 4. The molecule has 25 heavy (non-hydrogen) atoms. The summed E-state index contributed by atoms with van der Waals surface area (Å²) in [6, 6.07) is 10.9. The Labute approximate surface area is 145 Å². The molecule has 2 aromatic rings. The lowest BCUT2D eigenvalue weighted by Crippen LogP contribution is -2.34. The fourth-order valence-corrected chi connectivity index (χ4v) is 2.78. The van der Waals surface area contributed by atoms with Gasteiger partial charge in [0.15, 0.2) is 11.5 Å². The highest BCUT2D eigenvalue weighted by molar-refractivity contribution is 5.79. The van der Waals surface area contributed by atoms with Crippen molar-refractivity contribution in [3.05, 3.63) is 59.4 Å². The van der Waals surface area contributed by atoms with Crippen LogP contribution in [-0.2, 0) is 11.2 Å². The second kappa shape index (κ2) is 7.53. The number of ether oxygens (including phenoxy) is 2. The van der Waals surface area contributed by atoms with Crippen molar-refractivity contribution in [1.82, 2.24) is 5.32 Å². The minimum atomic E-state index is -0.763. The topological polar surface area (TPSA) is 67.8 Å². The van der Waals surface area contributed by atoms with Crippen LogP contribution in [0.2, 0.25) is 0 Å². The molecule has 132 valence electrons. The van der Waals surface area contributed by atoms with Crippen LogP contribution in [0.5, 0.6) is 11.5 Å². The largest absolute Gasteiger partial charge is 0.454 e. The van der Waals surface area contributed by atoms with Gasteiger partial charge in [-0.15, -0.1) is 0 Å². The average molecular weight is 345 g/mol. The van der Waals surface area contributed by atoms with Crippen molar-refractivity contribution in [1.29, 1.82) is 0 Å². The summed E-state index contributed by atoms with van der Waals surface area (Å²) >= 11 is 0. The predicted molar refractivity (Wildman–Crippen MR) is 89.9 cm³/mol. The molecule has 0 radical (unpaired) electrons. The van der Waals surface area contributed by atoms with Gasteiger partial charge in [-0.3, -0.25) is 4.79 Å². The Hall–Kier alpha value is -2.60. The van der Waals surface area contributed by atoms with Crippen LogP contribution in [-0.4, -0.2) is 23.8 Å². The Morgan fingerprint density at radius 1 is 1.20 bits per heavy atom. The fraction of sp³-hybridized carbons (Fsp3) is 0.316. The fourth-order valence-electron chi connectivity index (χ4n) is 2.78. The lowest BCUT2D eigenvalue weighted by atomic mass is 10.0. The third-order valence-electron chi connectivity index (χ3n) is 4.04. The molecule has 0 aromatic heterocycles. The van der Waals surface area contributed by atoms with E-state index < -0.39 is 6.10 Å². The Morgan fingerprint density at radius 3 is 2.68 bits per heavy atom. The summed E-state index contributed by atoms with van der Waals surface area (Å²) in [7, 11) is 0. The van der Waals surface area contributed by atoms with E-state index in [0.717, 1.165) is 5.56 Å². The second-order valence-electron chi connectivity index (χ2n) is 6.14. The molecule has 2 N–H and O–H groups in total. The quantitative estimate of drug-likeness (QED) is 0.845. The Morgan fingerprint density at radius 2 is 1.92 bits per heavy atom. The summed E-state index contributed by atoms with van der Waals surface area (Å²) in [5, 5.41) is 13.0. The minimum absolute atomic E-state index is 0.141. The van der Waals surface area contributed by atoms with Crippen LogP contribution in [0.3, 0.4) is 0 Å². The molecular weight excluding hydrogens is 325 g/mol. The van der Waals surface area contributed by atoms with Gasteiger partial charge in [0.05, 0.1) is 12.5 Å². The van der Waals surface area contributed by atoms with Crippen molar-refractivity contribution in [3.63, 3.8) is 0 Å². The van der Waals surface area contributed by atoms with Crippen LogP contribution >= 0.6 is 0 Å². The number of rotatable bonds is 6. The zero-order chi connectivity index (χ0) is 17.8. The molecule has 1 aliphatic heterocycles. The van der Waals surface area contributed by atoms with E-state index in [2.05, 4.69) is 5.32 Å². The predicted octanol–water partition coefficient (Wildman–Crippen LogP) is 2.73. The highest BCUT2D eigenvalue weighted by Gasteiger charge is 2.17. The summed E-state index contributed by atoms with van der Waals surface area (Å²) in [6.07, 6.45) is -0.201. The first-order valence-corrected chi connectivity index (χ1v) is 8.12. The van der Waals surface area contributed by atoms with Gasteiger partial charge in [-0.2, -0.15) is 0 Å². The van der Waals surface area contributed by atoms with Gasteiger partial charge in [-0.25, -0.2) is 4.39 Å². The lowest BCUT2D eigenvalue weighted by molar-refractivity contribution is -0.121. The SMILES string of the molecule is C[C@H](C[C@H](O)c1ccc(F)cc1)NC(=O)Cc1ccc2c(c1)OCO2. The number of carbonyl (C=O) groups excluding carboxylic acids is 1. The van der Waals surface area contributed by atoms with E-state index in [1.54, 1.807) is 24.3 Å². The molecule has 0 bridgehead atoms. The van der Waals surface area contributed by atoms with Gasteiger partial charge in [-0.1, -0.05) is 18.2 Å². The van der Waals surface area contributed by atoms with Gasteiger partial charge in [0.25, 0.3) is 0 Å². The second-order valence-corrected chi connectivity index (χ2v) is 6.14. The van der Waals surface area contributed by atoms with Crippen molar-refractivity contribution >= 4 is 5.91 Å².